The standard InChI is InChI=1S/C13H24N2O4/c1-5-6-9(11(17)18)15-10(16)7-8-14-12(19)13(2,3)4/h9H,5-8H2,1-4H3,(H,14,19)(H,15,16)(H,17,18)/t9-/m0/s1. The van der Waals surface area contributed by atoms with Crippen LogP contribution in [0, 0.1) is 5.41 Å². The normalized spacial score (nSPS) is 12.6. The van der Waals surface area contributed by atoms with E-state index in [4.69, 9.17) is 5.11 Å². The fraction of sp³-hybridized carbons (Fsp3) is 0.769. The molecule has 0 aliphatic heterocycles. The fourth-order valence-electron chi connectivity index (χ4n) is 1.37. The van der Waals surface area contributed by atoms with Gasteiger partial charge in [-0.2, -0.15) is 0 Å². The molecule has 6 heteroatoms. The van der Waals surface area contributed by atoms with Crippen molar-refractivity contribution in [3.8, 4) is 0 Å². The number of aliphatic carboxylic acids is 1. The van der Waals surface area contributed by atoms with Crippen molar-refractivity contribution in [1.82, 2.24) is 10.6 Å². The Morgan fingerprint density at radius 2 is 1.79 bits per heavy atom. The first-order chi connectivity index (χ1) is 8.68. The van der Waals surface area contributed by atoms with E-state index in [1.807, 2.05) is 6.92 Å². The van der Waals surface area contributed by atoms with Crippen molar-refractivity contribution >= 4 is 17.8 Å². The molecule has 0 heterocycles. The molecule has 1 atom stereocenters. The molecule has 0 aliphatic rings. The third kappa shape index (κ3) is 7.43. The number of carbonyl (C=O) groups is 3. The maximum Gasteiger partial charge on any atom is 0.326 e. The Hall–Kier alpha value is -1.59. The van der Waals surface area contributed by atoms with Crippen molar-refractivity contribution < 1.29 is 19.5 Å². The lowest BCUT2D eigenvalue weighted by atomic mass is 9.96. The highest BCUT2D eigenvalue weighted by atomic mass is 16.4. The van der Waals surface area contributed by atoms with Crippen LogP contribution in [0.25, 0.3) is 0 Å². The number of carboxylic acid groups (broad SMARTS) is 1. The number of rotatable bonds is 7. The van der Waals surface area contributed by atoms with Crippen LogP contribution in [0.4, 0.5) is 0 Å². The monoisotopic (exact) mass is 272 g/mol. The minimum Gasteiger partial charge on any atom is -0.480 e. The smallest absolute Gasteiger partial charge is 0.326 e. The molecule has 0 aliphatic carbocycles. The fourth-order valence-corrected chi connectivity index (χ4v) is 1.37. The van der Waals surface area contributed by atoms with Gasteiger partial charge in [-0.15, -0.1) is 0 Å². The molecule has 110 valence electrons. The van der Waals surface area contributed by atoms with E-state index in [2.05, 4.69) is 10.6 Å². The zero-order valence-corrected chi connectivity index (χ0v) is 12.1. The SMILES string of the molecule is CCC[C@H](NC(=O)CCNC(=O)C(C)(C)C)C(=O)O. The molecule has 0 saturated carbocycles. The number of carboxylic acids is 1. The number of carbonyl (C=O) groups excluding carboxylic acids is 2. The van der Waals surface area contributed by atoms with Gasteiger partial charge in [0.1, 0.15) is 6.04 Å². The maximum atomic E-state index is 11.5. The van der Waals surface area contributed by atoms with Gasteiger partial charge in [-0.25, -0.2) is 4.79 Å². The van der Waals surface area contributed by atoms with E-state index in [1.165, 1.54) is 0 Å². The predicted octanol–water partition coefficient (Wildman–Crippen LogP) is 0.908. The topological polar surface area (TPSA) is 95.5 Å². The number of nitrogens with one attached hydrogen (secondary N) is 2. The quantitative estimate of drug-likeness (QED) is 0.642. The number of hydrogen-bond acceptors (Lipinski definition) is 3. The number of amides is 2. The summed E-state index contributed by atoms with van der Waals surface area (Å²) in [6.07, 6.45) is 1.16. The molecule has 3 N–H and O–H groups in total. The van der Waals surface area contributed by atoms with Gasteiger partial charge in [0, 0.05) is 18.4 Å². The van der Waals surface area contributed by atoms with Crippen LogP contribution in [-0.4, -0.2) is 35.5 Å². The second-order valence-electron chi connectivity index (χ2n) is 5.50. The Kier molecular flexibility index (Phi) is 7.11. The first-order valence-electron chi connectivity index (χ1n) is 6.49. The van der Waals surface area contributed by atoms with E-state index in [1.54, 1.807) is 20.8 Å². The van der Waals surface area contributed by atoms with Crippen molar-refractivity contribution in [1.29, 1.82) is 0 Å². The molecular formula is C13H24N2O4. The highest BCUT2D eigenvalue weighted by Gasteiger charge is 2.21. The summed E-state index contributed by atoms with van der Waals surface area (Å²) < 4.78 is 0. The van der Waals surface area contributed by atoms with Gasteiger partial charge in [0.2, 0.25) is 11.8 Å². The lowest BCUT2D eigenvalue weighted by molar-refractivity contribution is -0.142. The molecule has 0 bridgehead atoms. The lowest BCUT2D eigenvalue weighted by Gasteiger charge is -2.18. The van der Waals surface area contributed by atoms with Crippen molar-refractivity contribution in [2.24, 2.45) is 5.41 Å². The summed E-state index contributed by atoms with van der Waals surface area (Å²) in [5, 5.41) is 14.0. The summed E-state index contributed by atoms with van der Waals surface area (Å²) in [5.41, 5.74) is -0.498. The summed E-state index contributed by atoms with van der Waals surface area (Å²) in [6.45, 7) is 7.41. The average Bonchev–Trinajstić information content (AvgIpc) is 2.26. The van der Waals surface area contributed by atoms with Gasteiger partial charge in [0.25, 0.3) is 0 Å². The largest absolute Gasteiger partial charge is 0.480 e. The van der Waals surface area contributed by atoms with E-state index in [0.29, 0.717) is 12.8 Å². The molecule has 0 unspecified atom stereocenters. The molecule has 0 radical (unpaired) electrons. The van der Waals surface area contributed by atoms with Gasteiger partial charge < -0.3 is 15.7 Å². The van der Waals surface area contributed by atoms with Crippen LogP contribution in [0.3, 0.4) is 0 Å². The van der Waals surface area contributed by atoms with Crippen LogP contribution >= 0.6 is 0 Å². The Morgan fingerprint density at radius 3 is 2.21 bits per heavy atom. The van der Waals surface area contributed by atoms with Crippen molar-refractivity contribution in [3.05, 3.63) is 0 Å². The van der Waals surface area contributed by atoms with E-state index < -0.39 is 17.4 Å². The van der Waals surface area contributed by atoms with Crippen LogP contribution < -0.4 is 10.6 Å². The molecule has 0 aromatic heterocycles. The van der Waals surface area contributed by atoms with Crippen LogP contribution in [0.15, 0.2) is 0 Å². The van der Waals surface area contributed by atoms with Crippen LogP contribution in [0.5, 0.6) is 0 Å². The molecule has 0 saturated heterocycles. The molecule has 0 fully saturated rings. The van der Waals surface area contributed by atoms with Gasteiger partial charge >= 0.3 is 5.97 Å². The minimum absolute atomic E-state index is 0.0787. The molecule has 2 amide bonds. The summed E-state index contributed by atoms with van der Waals surface area (Å²) >= 11 is 0. The van der Waals surface area contributed by atoms with Crippen molar-refractivity contribution in [3.63, 3.8) is 0 Å². The predicted molar refractivity (Wildman–Crippen MR) is 71.6 cm³/mol. The summed E-state index contributed by atoms with van der Waals surface area (Å²) in [7, 11) is 0. The van der Waals surface area contributed by atoms with E-state index in [0.717, 1.165) is 0 Å². The van der Waals surface area contributed by atoms with Gasteiger partial charge in [0.15, 0.2) is 0 Å². The third-order valence-electron chi connectivity index (χ3n) is 2.53. The lowest BCUT2D eigenvalue weighted by Crippen LogP contribution is -2.42. The highest BCUT2D eigenvalue weighted by molar-refractivity contribution is 5.84. The average molecular weight is 272 g/mol. The summed E-state index contributed by atoms with van der Waals surface area (Å²) in [5.74, 6) is -1.53. The minimum atomic E-state index is -1.03. The third-order valence-corrected chi connectivity index (χ3v) is 2.53. The van der Waals surface area contributed by atoms with Crippen LogP contribution in [0.1, 0.15) is 47.0 Å². The molecule has 0 spiro atoms. The molecule has 0 aromatic carbocycles. The molecule has 6 nitrogen and oxygen atoms in total. The summed E-state index contributed by atoms with van der Waals surface area (Å²) in [4.78, 5) is 33.9. The van der Waals surface area contributed by atoms with Crippen molar-refractivity contribution in [2.75, 3.05) is 6.54 Å². The Morgan fingerprint density at radius 1 is 1.21 bits per heavy atom. The van der Waals surface area contributed by atoms with E-state index >= 15 is 0 Å². The zero-order valence-electron chi connectivity index (χ0n) is 12.1. The second kappa shape index (κ2) is 7.76. The highest BCUT2D eigenvalue weighted by Crippen LogP contribution is 2.12. The Bertz CT molecular complexity index is 334. The van der Waals surface area contributed by atoms with Gasteiger partial charge in [-0.1, -0.05) is 34.1 Å². The molecule has 19 heavy (non-hydrogen) atoms. The van der Waals surface area contributed by atoms with Crippen LogP contribution in [-0.2, 0) is 14.4 Å². The van der Waals surface area contributed by atoms with Crippen LogP contribution in [0.2, 0.25) is 0 Å². The number of hydrogen-bond donors (Lipinski definition) is 3. The molecular weight excluding hydrogens is 248 g/mol. The van der Waals surface area contributed by atoms with E-state index in [-0.39, 0.29) is 24.8 Å². The first-order valence-corrected chi connectivity index (χ1v) is 6.49. The first kappa shape index (κ1) is 17.4. The molecule has 0 rings (SSSR count). The van der Waals surface area contributed by atoms with Crippen molar-refractivity contribution in [2.45, 2.75) is 53.0 Å². The Labute approximate surface area is 113 Å². The Balaban J connectivity index is 4.05. The second-order valence-corrected chi connectivity index (χ2v) is 5.50. The summed E-state index contributed by atoms with van der Waals surface area (Å²) in [6, 6.07) is -0.851. The van der Waals surface area contributed by atoms with Gasteiger partial charge in [-0.05, 0) is 6.42 Å². The van der Waals surface area contributed by atoms with E-state index in [9.17, 15) is 14.4 Å². The van der Waals surface area contributed by atoms with Gasteiger partial charge in [0.05, 0.1) is 0 Å². The zero-order chi connectivity index (χ0) is 15.1. The maximum absolute atomic E-state index is 11.5. The molecule has 0 aromatic rings. The van der Waals surface area contributed by atoms with Gasteiger partial charge in [-0.3, -0.25) is 9.59 Å².